The Morgan fingerprint density at radius 3 is 3.17 bits per heavy atom. The molecular formula is C14H19NO3. The molecule has 1 aliphatic rings. The van der Waals surface area contributed by atoms with E-state index in [0.29, 0.717) is 12.3 Å². The molecule has 1 aliphatic carbocycles. The van der Waals surface area contributed by atoms with Crippen molar-refractivity contribution in [3.05, 3.63) is 29.3 Å². The second kappa shape index (κ2) is 5.87. The molecule has 2 rings (SSSR count). The minimum absolute atomic E-state index is 0.0369. The number of hydrogen-bond acceptors (Lipinski definition) is 3. The molecule has 1 amide bonds. The fourth-order valence-electron chi connectivity index (χ4n) is 2.25. The van der Waals surface area contributed by atoms with Crippen molar-refractivity contribution in [1.82, 2.24) is 5.32 Å². The predicted octanol–water partition coefficient (Wildman–Crippen LogP) is 1.57. The first kappa shape index (κ1) is 12.9. The number of hydrogen-bond donors (Lipinski definition) is 2. The molecule has 4 nitrogen and oxygen atoms in total. The van der Waals surface area contributed by atoms with E-state index in [1.54, 1.807) is 0 Å². The first-order valence-electron chi connectivity index (χ1n) is 6.41. The van der Waals surface area contributed by atoms with Crippen LogP contribution in [0.2, 0.25) is 0 Å². The molecule has 0 saturated carbocycles. The molecule has 0 spiro atoms. The third-order valence-electron chi connectivity index (χ3n) is 3.14. The normalized spacial score (nSPS) is 18.0. The van der Waals surface area contributed by atoms with Crippen molar-refractivity contribution in [2.75, 3.05) is 13.2 Å². The van der Waals surface area contributed by atoms with Gasteiger partial charge in [0.05, 0.1) is 6.10 Å². The van der Waals surface area contributed by atoms with Crippen LogP contribution in [-0.2, 0) is 11.2 Å². The van der Waals surface area contributed by atoms with Gasteiger partial charge in [0.1, 0.15) is 5.75 Å². The molecule has 98 valence electrons. The lowest BCUT2D eigenvalue weighted by Crippen LogP contribution is -2.28. The third kappa shape index (κ3) is 3.01. The Labute approximate surface area is 107 Å². The van der Waals surface area contributed by atoms with Gasteiger partial charge in [-0.1, -0.05) is 6.07 Å². The molecule has 2 N–H and O–H groups in total. The predicted molar refractivity (Wildman–Crippen MR) is 68.5 cm³/mol. The van der Waals surface area contributed by atoms with E-state index < -0.39 is 0 Å². The van der Waals surface area contributed by atoms with E-state index in [2.05, 4.69) is 5.32 Å². The highest BCUT2D eigenvalue weighted by Gasteiger charge is 2.18. The topological polar surface area (TPSA) is 58.6 Å². The van der Waals surface area contributed by atoms with E-state index >= 15 is 0 Å². The van der Waals surface area contributed by atoms with Crippen molar-refractivity contribution in [3.63, 3.8) is 0 Å². The second-order valence-electron chi connectivity index (χ2n) is 4.51. The van der Waals surface area contributed by atoms with Crippen molar-refractivity contribution >= 4 is 5.91 Å². The molecular weight excluding hydrogens is 230 g/mol. The lowest BCUT2D eigenvalue weighted by molar-refractivity contribution is -0.122. The van der Waals surface area contributed by atoms with Gasteiger partial charge in [-0.3, -0.25) is 4.79 Å². The molecule has 1 aromatic carbocycles. The van der Waals surface area contributed by atoms with Crippen molar-refractivity contribution < 1.29 is 14.6 Å². The smallest absolute Gasteiger partial charge is 0.257 e. The zero-order chi connectivity index (χ0) is 13.0. The fourth-order valence-corrected chi connectivity index (χ4v) is 2.25. The monoisotopic (exact) mass is 249 g/mol. The van der Waals surface area contributed by atoms with E-state index in [4.69, 9.17) is 4.74 Å². The highest BCUT2D eigenvalue weighted by atomic mass is 16.5. The number of rotatable bonds is 4. The Morgan fingerprint density at radius 1 is 1.56 bits per heavy atom. The van der Waals surface area contributed by atoms with E-state index in [1.807, 2.05) is 25.1 Å². The van der Waals surface area contributed by atoms with Crippen LogP contribution in [0.25, 0.3) is 0 Å². The van der Waals surface area contributed by atoms with E-state index in [9.17, 15) is 9.90 Å². The summed E-state index contributed by atoms with van der Waals surface area (Å²) in [7, 11) is 0. The summed E-state index contributed by atoms with van der Waals surface area (Å²) in [5.41, 5.74) is 2.12. The van der Waals surface area contributed by atoms with E-state index in [0.717, 1.165) is 30.4 Å². The molecule has 0 saturated heterocycles. The Bertz CT molecular complexity index is 431. The number of aryl methyl sites for hydroxylation is 1. The van der Waals surface area contributed by atoms with Crippen LogP contribution in [0.15, 0.2) is 18.2 Å². The standard InChI is InChI=1S/C14H19NO3/c1-2-15-14(17)9-18-11-6-7-12-10(8-11)4-3-5-13(12)16/h6-8,13,16H,2-5,9H2,1H3,(H,15,17). The Hall–Kier alpha value is -1.55. The van der Waals surface area contributed by atoms with Gasteiger partial charge in [0, 0.05) is 6.54 Å². The quantitative estimate of drug-likeness (QED) is 0.851. The molecule has 1 aromatic rings. The van der Waals surface area contributed by atoms with Crippen LogP contribution in [0.4, 0.5) is 0 Å². The number of likely N-dealkylation sites (N-methyl/N-ethyl adjacent to an activating group) is 1. The van der Waals surface area contributed by atoms with Crippen molar-refractivity contribution in [2.24, 2.45) is 0 Å². The van der Waals surface area contributed by atoms with Gasteiger partial charge in [0.25, 0.3) is 5.91 Å². The van der Waals surface area contributed by atoms with Crippen molar-refractivity contribution in [2.45, 2.75) is 32.3 Å². The molecule has 1 unspecified atom stereocenters. The fraction of sp³-hybridized carbons (Fsp3) is 0.500. The summed E-state index contributed by atoms with van der Waals surface area (Å²) < 4.78 is 5.43. The molecule has 18 heavy (non-hydrogen) atoms. The Balaban J connectivity index is 2.00. The maximum atomic E-state index is 11.3. The van der Waals surface area contributed by atoms with Crippen LogP contribution in [-0.4, -0.2) is 24.2 Å². The summed E-state index contributed by atoms with van der Waals surface area (Å²) in [6, 6.07) is 5.63. The van der Waals surface area contributed by atoms with E-state index in [-0.39, 0.29) is 18.6 Å². The highest BCUT2D eigenvalue weighted by molar-refractivity contribution is 5.77. The summed E-state index contributed by atoms with van der Waals surface area (Å²) >= 11 is 0. The summed E-state index contributed by atoms with van der Waals surface area (Å²) in [6.45, 7) is 2.52. The van der Waals surface area contributed by atoms with Crippen molar-refractivity contribution in [3.8, 4) is 5.75 Å². The summed E-state index contributed by atoms with van der Waals surface area (Å²) in [5.74, 6) is 0.573. The van der Waals surface area contributed by atoms with Crippen LogP contribution in [0.1, 0.15) is 37.0 Å². The first-order valence-corrected chi connectivity index (χ1v) is 6.41. The van der Waals surface area contributed by atoms with Gasteiger partial charge in [-0.05, 0) is 49.4 Å². The molecule has 0 radical (unpaired) electrons. The van der Waals surface area contributed by atoms with Crippen LogP contribution >= 0.6 is 0 Å². The zero-order valence-electron chi connectivity index (χ0n) is 10.6. The van der Waals surface area contributed by atoms with Gasteiger partial charge in [0.2, 0.25) is 0 Å². The lowest BCUT2D eigenvalue weighted by Gasteiger charge is -2.21. The number of aliphatic hydroxyl groups is 1. The number of nitrogens with one attached hydrogen (secondary N) is 1. The van der Waals surface area contributed by atoms with Gasteiger partial charge >= 0.3 is 0 Å². The van der Waals surface area contributed by atoms with Gasteiger partial charge in [-0.15, -0.1) is 0 Å². The Kier molecular flexibility index (Phi) is 4.20. The molecule has 0 fully saturated rings. The number of benzene rings is 1. The first-order chi connectivity index (χ1) is 8.70. The number of aliphatic hydroxyl groups excluding tert-OH is 1. The molecule has 1 atom stereocenters. The van der Waals surface area contributed by atoms with Gasteiger partial charge in [0.15, 0.2) is 6.61 Å². The van der Waals surface area contributed by atoms with Crippen LogP contribution in [0.3, 0.4) is 0 Å². The number of ether oxygens (including phenoxy) is 1. The molecule has 0 bridgehead atoms. The van der Waals surface area contributed by atoms with Gasteiger partial charge < -0.3 is 15.2 Å². The van der Waals surface area contributed by atoms with Crippen LogP contribution in [0.5, 0.6) is 5.75 Å². The average molecular weight is 249 g/mol. The molecule has 0 aliphatic heterocycles. The largest absolute Gasteiger partial charge is 0.484 e. The van der Waals surface area contributed by atoms with Crippen molar-refractivity contribution in [1.29, 1.82) is 0 Å². The molecule has 0 heterocycles. The van der Waals surface area contributed by atoms with Crippen LogP contribution in [0, 0.1) is 0 Å². The summed E-state index contributed by atoms with van der Waals surface area (Å²) in [6.07, 6.45) is 2.43. The lowest BCUT2D eigenvalue weighted by atomic mass is 9.89. The Morgan fingerprint density at radius 2 is 2.39 bits per heavy atom. The van der Waals surface area contributed by atoms with E-state index in [1.165, 1.54) is 0 Å². The summed E-state index contributed by atoms with van der Waals surface area (Å²) in [4.78, 5) is 11.3. The average Bonchev–Trinajstić information content (AvgIpc) is 2.37. The number of carbonyl (C=O) groups is 1. The number of carbonyl (C=O) groups excluding carboxylic acids is 1. The maximum Gasteiger partial charge on any atom is 0.257 e. The SMILES string of the molecule is CCNC(=O)COc1ccc2c(c1)CCCC2O. The minimum atomic E-state index is -0.355. The molecule has 0 aromatic heterocycles. The van der Waals surface area contributed by atoms with Crippen LogP contribution < -0.4 is 10.1 Å². The van der Waals surface area contributed by atoms with Gasteiger partial charge in [-0.25, -0.2) is 0 Å². The zero-order valence-corrected chi connectivity index (χ0v) is 10.6. The minimum Gasteiger partial charge on any atom is -0.484 e. The third-order valence-corrected chi connectivity index (χ3v) is 3.14. The number of amides is 1. The maximum absolute atomic E-state index is 11.3. The highest BCUT2D eigenvalue weighted by Crippen LogP contribution is 2.31. The second-order valence-corrected chi connectivity index (χ2v) is 4.51. The van der Waals surface area contributed by atoms with Gasteiger partial charge in [-0.2, -0.15) is 0 Å². The summed E-state index contributed by atoms with van der Waals surface area (Å²) in [5, 5.41) is 12.5. The number of fused-ring (bicyclic) bond motifs is 1. The molecule has 4 heteroatoms.